The molecule has 0 aliphatic heterocycles. The molecule has 0 fully saturated rings. The van der Waals surface area contributed by atoms with Crippen LogP contribution in [0.3, 0.4) is 0 Å². The van der Waals surface area contributed by atoms with Gasteiger partial charge in [0.1, 0.15) is 11.3 Å². The zero-order chi connectivity index (χ0) is 32.6. The fraction of sp³-hybridized carbons (Fsp3) is 0.333. The van der Waals surface area contributed by atoms with Crippen molar-refractivity contribution in [1.82, 2.24) is 10.3 Å². The summed E-state index contributed by atoms with van der Waals surface area (Å²) in [4.78, 5) is 16.8. The molecule has 4 rings (SSSR count). The standard InChI is InChI=1S/C36H40F3N3O3.BrH/c1-6-9-15-40-33(43)23-42(4,5)16-10-17-44-32-14-13-25(20-26(32)12-8-3)28-18-24(11-7-2)19-31-35(28)45-36(41-31)27-21-29(37)34(39)30(38)22-27;/h7-8,13-14,18-22H,2-3,6,9-12,15-17,23H2,1,4-5H3;1H. The Morgan fingerprint density at radius 3 is 2.39 bits per heavy atom. The number of likely N-dealkylation sites (N-methyl/N-ethyl adjacent to an activating group) is 1. The topological polar surface area (TPSA) is 64.4 Å². The Labute approximate surface area is 279 Å². The Morgan fingerprint density at radius 1 is 1.00 bits per heavy atom. The smallest absolute Gasteiger partial charge is 0.275 e. The number of hydrogen-bond acceptors (Lipinski definition) is 4. The number of rotatable bonds is 16. The average molecular weight is 701 g/mol. The molecule has 46 heavy (non-hydrogen) atoms. The largest absolute Gasteiger partial charge is 1.00 e. The summed E-state index contributed by atoms with van der Waals surface area (Å²) in [5, 5.41) is 2.98. The number of unbranched alkanes of at least 4 members (excludes halogenated alkanes) is 1. The maximum absolute atomic E-state index is 14.0. The number of nitrogens with zero attached hydrogens (tertiary/aromatic N) is 2. The number of allylic oxidation sites excluding steroid dienone is 2. The second-order valence-electron chi connectivity index (χ2n) is 11.8. The summed E-state index contributed by atoms with van der Waals surface area (Å²) in [6.45, 7) is 12.2. The predicted octanol–water partition coefficient (Wildman–Crippen LogP) is 4.80. The van der Waals surface area contributed by atoms with Crippen LogP contribution in [0, 0.1) is 17.5 Å². The molecular weight excluding hydrogens is 659 g/mol. The summed E-state index contributed by atoms with van der Waals surface area (Å²) < 4.78 is 54.4. The molecule has 1 aromatic heterocycles. The molecule has 0 bridgehead atoms. The number of benzene rings is 3. The zero-order valence-electron chi connectivity index (χ0n) is 26.6. The molecule has 1 heterocycles. The van der Waals surface area contributed by atoms with Gasteiger partial charge in [0.25, 0.3) is 5.91 Å². The van der Waals surface area contributed by atoms with E-state index >= 15 is 0 Å². The highest BCUT2D eigenvalue weighted by atomic mass is 79.9. The Morgan fingerprint density at radius 2 is 1.72 bits per heavy atom. The van der Waals surface area contributed by atoms with E-state index in [4.69, 9.17) is 9.15 Å². The summed E-state index contributed by atoms with van der Waals surface area (Å²) >= 11 is 0. The van der Waals surface area contributed by atoms with E-state index in [-0.39, 0.29) is 34.3 Å². The normalized spacial score (nSPS) is 11.3. The van der Waals surface area contributed by atoms with Gasteiger partial charge in [0.15, 0.2) is 29.6 Å². The van der Waals surface area contributed by atoms with E-state index in [2.05, 4.69) is 30.4 Å². The van der Waals surface area contributed by atoms with E-state index in [0.717, 1.165) is 65.9 Å². The third kappa shape index (κ3) is 9.33. The Balaban J connectivity index is 0.00000576. The molecular formula is C36H41BrF3N3O3. The first-order chi connectivity index (χ1) is 21.5. The number of carbonyl (C=O) groups excluding carboxylic acids is 1. The molecule has 3 aromatic carbocycles. The van der Waals surface area contributed by atoms with Crippen molar-refractivity contribution >= 4 is 17.0 Å². The van der Waals surface area contributed by atoms with Crippen LogP contribution >= 0.6 is 0 Å². The van der Waals surface area contributed by atoms with Crippen LogP contribution in [0.5, 0.6) is 5.75 Å². The zero-order valence-corrected chi connectivity index (χ0v) is 28.2. The Kier molecular flexibility index (Phi) is 13.2. The average Bonchev–Trinajstić information content (AvgIpc) is 3.42. The highest BCUT2D eigenvalue weighted by Gasteiger charge is 2.21. The minimum absolute atomic E-state index is 0. The van der Waals surface area contributed by atoms with E-state index in [9.17, 15) is 18.0 Å². The van der Waals surface area contributed by atoms with Gasteiger partial charge in [-0.3, -0.25) is 4.79 Å². The quantitative estimate of drug-likeness (QED) is 0.0791. The number of nitrogens with one attached hydrogen (secondary N) is 1. The molecule has 0 aliphatic rings. The second-order valence-corrected chi connectivity index (χ2v) is 11.8. The highest BCUT2D eigenvalue weighted by Crippen LogP contribution is 2.36. The summed E-state index contributed by atoms with van der Waals surface area (Å²) in [5.74, 6) is -3.42. The Bertz CT molecular complexity index is 1660. The number of ether oxygens (including phenoxy) is 1. The molecule has 1 amide bonds. The Hall–Kier alpha value is -3.89. The lowest BCUT2D eigenvalue weighted by Gasteiger charge is -2.29. The monoisotopic (exact) mass is 699 g/mol. The molecule has 0 saturated heterocycles. The van der Waals surface area contributed by atoms with Gasteiger partial charge in [-0.25, -0.2) is 18.2 Å². The minimum atomic E-state index is -1.55. The van der Waals surface area contributed by atoms with E-state index in [0.29, 0.717) is 48.1 Å². The highest BCUT2D eigenvalue weighted by molar-refractivity contribution is 5.92. The number of amides is 1. The number of hydrogen-bond donors (Lipinski definition) is 1. The molecule has 4 aromatic rings. The molecule has 0 spiro atoms. The van der Waals surface area contributed by atoms with Gasteiger partial charge in [-0.15, -0.1) is 13.2 Å². The lowest BCUT2D eigenvalue weighted by atomic mass is 9.97. The maximum Gasteiger partial charge on any atom is 0.275 e. The molecule has 10 heteroatoms. The van der Waals surface area contributed by atoms with Crippen LogP contribution in [-0.2, 0) is 17.6 Å². The van der Waals surface area contributed by atoms with Crippen molar-refractivity contribution in [3.8, 4) is 28.3 Å². The first-order valence-electron chi connectivity index (χ1n) is 15.2. The van der Waals surface area contributed by atoms with Crippen LogP contribution in [0.15, 0.2) is 72.2 Å². The maximum atomic E-state index is 14.0. The number of oxazole rings is 1. The van der Waals surface area contributed by atoms with Crippen molar-refractivity contribution in [2.24, 2.45) is 0 Å². The molecule has 0 aliphatic carbocycles. The van der Waals surface area contributed by atoms with Crippen LogP contribution in [0.1, 0.15) is 37.3 Å². The van der Waals surface area contributed by atoms with Gasteiger partial charge in [-0.1, -0.05) is 31.6 Å². The number of halogens is 4. The molecule has 0 unspecified atom stereocenters. The summed E-state index contributed by atoms with van der Waals surface area (Å²) in [5.41, 5.74) is 4.34. The molecule has 6 nitrogen and oxygen atoms in total. The summed E-state index contributed by atoms with van der Waals surface area (Å²) in [6, 6.07) is 11.4. The first kappa shape index (κ1) is 36.6. The van der Waals surface area contributed by atoms with E-state index < -0.39 is 17.5 Å². The lowest BCUT2D eigenvalue weighted by Crippen LogP contribution is -3.00. The number of carbonyl (C=O) groups is 1. The van der Waals surface area contributed by atoms with Gasteiger partial charge >= 0.3 is 0 Å². The van der Waals surface area contributed by atoms with Crippen LogP contribution in [0.2, 0.25) is 0 Å². The van der Waals surface area contributed by atoms with Crippen molar-refractivity contribution in [2.75, 3.05) is 40.3 Å². The first-order valence-corrected chi connectivity index (χ1v) is 15.2. The van der Waals surface area contributed by atoms with Crippen molar-refractivity contribution in [1.29, 1.82) is 0 Å². The molecule has 0 saturated carbocycles. The molecule has 1 N–H and O–H groups in total. The number of fused-ring (bicyclic) bond motifs is 1. The van der Waals surface area contributed by atoms with Crippen LogP contribution in [0.4, 0.5) is 13.2 Å². The van der Waals surface area contributed by atoms with Crippen LogP contribution < -0.4 is 27.0 Å². The summed E-state index contributed by atoms with van der Waals surface area (Å²) in [7, 11) is 4.08. The summed E-state index contributed by atoms with van der Waals surface area (Å²) in [6.07, 6.45) is 7.49. The van der Waals surface area contributed by atoms with Gasteiger partial charge in [0.2, 0.25) is 5.89 Å². The molecule has 0 atom stereocenters. The van der Waals surface area contributed by atoms with Gasteiger partial charge in [-0.2, -0.15) is 0 Å². The van der Waals surface area contributed by atoms with Crippen molar-refractivity contribution in [2.45, 2.75) is 39.0 Å². The fourth-order valence-electron chi connectivity index (χ4n) is 5.20. The third-order valence-electron chi connectivity index (χ3n) is 7.49. The van der Waals surface area contributed by atoms with Gasteiger partial charge in [0.05, 0.1) is 27.2 Å². The van der Waals surface area contributed by atoms with Crippen LogP contribution in [0.25, 0.3) is 33.7 Å². The SMILES string of the molecule is C=CCc1cc(-c2ccc(OCCC[N+](C)(C)CC(=O)NCCCC)c(CC=C)c2)c2oc(-c3cc(F)c(F)c(F)c3)nc2c1.[Br-]. The van der Waals surface area contributed by atoms with E-state index in [1.807, 2.05) is 44.4 Å². The molecule has 0 radical (unpaired) electrons. The number of aromatic nitrogens is 1. The van der Waals surface area contributed by atoms with Gasteiger partial charge in [-0.05, 0) is 72.4 Å². The second kappa shape index (κ2) is 16.6. The van der Waals surface area contributed by atoms with Gasteiger partial charge < -0.3 is 35.9 Å². The minimum Gasteiger partial charge on any atom is -1.00 e. The third-order valence-corrected chi connectivity index (χ3v) is 7.49. The van der Waals surface area contributed by atoms with E-state index in [1.165, 1.54) is 0 Å². The van der Waals surface area contributed by atoms with Crippen molar-refractivity contribution in [3.05, 3.63) is 96.4 Å². The number of quaternary nitrogens is 1. The van der Waals surface area contributed by atoms with Crippen LogP contribution in [-0.4, -0.2) is 55.7 Å². The van der Waals surface area contributed by atoms with Gasteiger partial charge in [0, 0.05) is 24.1 Å². The van der Waals surface area contributed by atoms with Crippen molar-refractivity contribution in [3.63, 3.8) is 0 Å². The fourth-order valence-corrected chi connectivity index (χ4v) is 5.20. The van der Waals surface area contributed by atoms with Crippen molar-refractivity contribution < 1.29 is 48.6 Å². The predicted molar refractivity (Wildman–Crippen MR) is 172 cm³/mol. The van der Waals surface area contributed by atoms with E-state index in [1.54, 1.807) is 12.2 Å². The molecule has 246 valence electrons. The lowest BCUT2D eigenvalue weighted by molar-refractivity contribution is -0.882.